The Morgan fingerprint density at radius 1 is 1.09 bits per heavy atom. The summed E-state index contributed by atoms with van der Waals surface area (Å²) < 4.78 is 19.8. The fourth-order valence-corrected chi connectivity index (χ4v) is 7.07. The predicted octanol–water partition coefficient (Wildman–Crippen LogP) is 6.95. The average Bonchev–Trinajstić information content (AvgIpc) is 3.26. The van der Waals surface area contributed by atoms with Crippen molar-refractivity contribution in [1.29, 1.82) is 0 Å². The van der Waals surface area contributed by atoms with Crippen molar-refractivity contribution < 1.29 is 19.0 Å². The van der Waals surface area contributed by atoms with Crippen LogP contribution in [0.2, 0.25) is 15.1 Å². The average molecular weight is 770 g/mol. The number of esters is 1. The Morgan fingerprint density at radius 3 is 2.49 bits per heavy atom. The smallest absolute Gasteiger partial charge is 0.338 e. The minimum Gasteiger partial charge on any atom is -0.493 e. The normalized spacial score (nSPS) is 14.8. The van der Waals surface area contributed by atoms with Crippen molar-refractivity contribution in [3.05, 3.63) is 121 Å². The molecule has 0 saturated carbocycles. The monoisotopic (exact) mass is 768 g/mol. The van der Waals surface area contributed by atoms with Gasteiger partial charge >= 0.3 is 5.97 Å². The number of allylic oxidation sites excluding steroid dienone is 1. The van der Waals surface area contributed by atoms with Crippen molar-refractivity contribution in [1.82, 2.24) is 4.57 Å². The van der Waals surface area contributed by atoms with Crippen LogP contribution in [0.15, 0.2) is 75.7 Å². The van der Waals surface area contributed by atoms with Gasteiger partial charge in [-0.05, 0) is 90.0 Å². The zero-order valence-corrected chi connectivity index (χ0v) is 28.4. The fraction of sp³-hybridized carbons (Fsp3) is 0.194. The number of hydrogen-bond donors (Lipinski definition) is 0. The van der Waals surface area contributed by atoms with E-state index in [0.717, 1.165) is 14.7 Å². The topological polar surface area (TPSA) is 79.1 Å². The molecule has 1 unspecified atom stereocenters. The molecule has 1 aliphatic heterocycles. The number of carbonyl (C=O) groups excluding carboxylic acids is 1. The summed E-state index contributed by atoms with van der Waals surface area (Å²) in [7, 11) is 1.55. The van der Waals surface area contributed by atoms with Gasteiger partial charge in [-0.25, -0.2) is 9.79 Å². The number of halogens is 4. The van der Waals surface area contributed by atoms with Gasteiger partial charge in [0.05, 0.1) is 39.1 Å². The second-order valence-corrected chi connectivity index (χ2v) is 12.9. The second kappa shape index (κ2) is 13.4. The van der Waals surface area contributed by atoms with Gasteiger partial charge in [-0.15, -0.1) is 0 Å². The Kier molecular flexibility index (Phi) is 9.87. The van der Waals surface area contributed by atoms with E-state index in [-0.39, 0.29) is 18.8 Å². The number of aromatic nitrogens is 1. The van der Waals surface area contributed by atoms with E-state index in [4.69, 9.17) is 49.0 Å². The summed E-state index contributed by atoms with van der Waals surface area (Å²) in [6.07, 6.45) is 1.77. The first kappa shape index (κ1) is 31.6. The largest absolute Gasteiger partial charge is 0.493 e. The lowest BCUT2D eigenvalue weighted by Crippen LogP contribution is -2.39. The molecule has 7 nitrogen and oxygen atoms in total. The molecule has 0 aliphatic carbocycles. The lowest BCUT2D eigenvalue weighted by atomic mass is 9.96. The maximum absolute atomic E-state index is 13.9. The molecule has 0 spiro atoms. The highest BCUT2D eigenvalue weighted by Gasteiger charge is 2.33. The van der Waals surface area contributed by atoms with Crippen LogP contribution in [-0.4, -0.2) is 24.3 Å². The number of nitrogens with zero attached hydrogens (tertiary/aromatic N) is 2. The molecule has 2 heterocycles. The third-order valence-corrected chi connectivity index (χ3v) is 9.26. The van der Waals surface area contributed by atoms with Crippen LogP contribution in [0.4, 0.5) is 0 Å². The van der Waals surface area contributed by atoms with Gasteiger partial charge in [0.2, 0.25) is 0 Å². The molecular weight excluding hydrogens is 746 g/mol. The van der Waals surface area contributed by atoms with Gasteiger partial charge in [0.1, 0.15) is 6.61 Å². The van der Waals surface area contributed by atoms with E-state index < -0.39 is 12.0 Å². The lowest BCUT2D eigenvalue weighted by Gasteiger charge is -2.24. The molecule has 5 rings (SSSR count). The second-order valence-electron chi connectivity index (χ2n) is 9.41. The Hall–Kier alpha value is -2.83. The van der Waals surface area contributed by atoms with Crippen LogP contribution < -0.4 is 24.4 Å². The van der Waals surface area contributed by atoms with Crippen molar-refractivity contribution in [3.8, 4) is 11.5 Å². The first-order valence-electron chi connectivity index (χ1n) is 13.0. The Balaban J connectivity index is 1.56. The van der Waals surface area contributed by atoms with E-state index in [0.29, 0.717) is 52.7 Å². The first-order chi connectivity index (χ1) is 20.6. The molecule has 0 N–H and O–H groups in total. The highest BCUT2D eigenvalue weighted by Crippen LogP contribution is 2.36. The van der Waals surface area contributed by atoms with Crippen LogP contribution in [0.25, 0.3) is 6.08 Å². The van der Waals surface area contributed by atoms with E-state index in [2.05, 4.69) is 27.6 Å². The number of thiazole rings is 1. The maximum atomic E-state index is 13.9. The third-order valence-electron chi connectivity index (χ3n) is 6.64. The molecule has 1 atom stereocenters. The van der Waals surface area contributed by atoms with Crippen molar-refractivity contribution in [2.45, 2.75) is 26.5 Å². The van der Waals surface area contributed by atoms with E-state index in [1.807, 2.05) is 12.1 Å². The fourth-order valence-electron chi connectivity index (χ4n) is 4.66. The molecule has 1 aromatic heterocycles. The van der Waals surface area contributed by atoms with Crippen LogP contribution in [0, 0.1) is 3.57 Å². The van der Waals surface area contributed by atoms with Crippen molar-refractivity contribution >= 4 is 80.8 Å². The third kappa shape index (κ3) is 6.66. The summed E-state index contributed by atoms with van der Waals surface area (Å²) in [6, 6.07) is 15.2. The van der Waals surface area contributed by atoms with Gasteiger partial charge in [0, 0.05) is 20.6 Å². The maximum Gasteiger partial charge on any atom is 0.338 e. The predicted molar refractivity (Wildman–Crippen MR) is 178 cm³/mol. The summed E-state index contributed by atoms with van der Waals surface area (Å²) in [5.74, 6) is 0.522. The Bertz CT molecular complexity index is 1940. The molecule has 4 aromatic rings. The number of carbonyl (C=O) groups is 1. The van der Waals surface area contributed by atoms with Crippen LogP contribution in [0.3, 0.4) is 0 Å². The number of ether oxygens (including phenoxy) is 3. The molecule has 0 amide bonds. The molecule has 0 saturated heterocycles. The van der Waals surface area contributed by atoms with E-state index in [1.165, 1.54) is 15.9 Å². The highest BCUT2D eigenvalue weighted by molar-refractivity contribution is 14.1. The van der Waals surface area contributed by atoms with Gasteiger partial charge in [0.15, 0.2) is 16.3 Å². The van der Waals surface area contributed by atoms with Crippen LogP contribution in [0.1, 0.15) is 36.6 Å². The number of methoxy groups -OCH3 is 1. The van der Waals surface area contributed by atoms with E-state index >= 15 is 0 Å². The van der Waals surface area contributed by atoms with Crippen LogP contribution >= 0.6 is 68.7 Å². The number of fused-ring (bicyclic) bond motifs is 1. The number of benzene rings is 3. The molecule has 0 bridgehead atoms. The lowest BCUT2D eigenvalue weighted by molar-refractivity contribution is -0.139. The highest BCUT2D eigenvalue weighted by atomic mass is 127. The number of hydrogen-bond acceptors (Lipinski definition) is 7. The Labute approximate surface area is 280 Å². The first-order valence-corrected chi connectivity index (χ1v) is 16.0. The molecule has 1 aliphatic rings. The minimum atomic E-state index is -0.722. The molecule has 0 fully saturated rings. The van der Waals surface area contributed by atoms with Gasteiger partial charge in [-0.3, -0.25) is 9.36 Å². The summed E-state index contributed by atoms with van der Waals surface area (Å²) in [5.41, 5.74) is 2.73. The van der Waals surface area contributed by atoms with Crippen LogP contribution in [-0.2, 0) is 16.1 Å². The van der Waals surface area contributed by atoms with Crippen LogP contribution in [0.5, 0.6) is 11.5 Å². The summed E-state index contributed by atoms with van der Waals surface area (Å²) in [5, 5.41) is 1.59. The quantitative estimate of drug-likeness (QED) is 0.143. The molecule has 3 aromatic carbocycles. The standard InChI is InChI=1S/C31H24Cl3IN2O5S/c1-4-41-30(39)26-16(2)36-31-37(27(26)18-5-8-20(32)9-6-18)29(38)25(43-31)13-17-11-23(35)28(24(12-17)40-3)42-15-19-7-10-21(33)14-22(19)34/h5-14,27H,4,15H2,1-3H3. The van der Waals surface area contributed by atoms with Crippen molar-refractivity contribution in [2.24, 2.45) is 4.99 Å². The van der Waals surface area contributed by atoms with E-state index in [1.54, 1.807) is 69.5 Å². The molecule has 43 heavy (non-hydrogen) atoms. The van der Waals surface area contributed by atoms with Gasteiger partial charge < -0.3 is 14.2 Å². The summed E-state index contributed by atoms with van der Waals surface area (Å²) in [6.45, 7) is 3.89. The minimum absolute atomic E-state index is 0.195. The van der Waals surface area contributed by atoms with E-state index in [9.17, 15) is 9.59 Å². The summed E-state index contributed by atoms with van der Waals surface area (Å²) in [4.78, 5) is 32.1. The van der Waals surface area contributed by atoms with Gasteiger partial charge in [0.25, 0.3) is 5.56 Å². The molecule has 12 heteroatoms. The molecule has 222 valence electrons. The van der Waals surface area contributed by atoms with Crippen molar-refractivity contribution in [3.63, 3.8) is 0 Å². The van der Waals surface area contributed by atoms with Gasteiger partial charge in [-0.1, -0.05) is 64.3 Å². The zero-order valence-electron chi connectivity index (χ0n) is 23.1. The molecule has 0 radical (unpaired) electrons. The van der Waals surface area contributed by atoms with Gasteiger partial charge in [-0.2, -0.15) is 0 Å². The molecular formula is C31H24Cl3IN2O5S. The Morgan fingerprint density at radius 2 is 1.81 bits per heavy atom. The number of rotatable bonds is 8. The SMILES string of the molecule is CCOC(=O)C1=C(C)N=c2sc(=Cc3cc(I)c(OCc4ccc(Cl)cc4Cl)c(OC)c3)c(=O)n2C1c1ccc(Cl)cc1. The zero-order chi connectivity index (χ0) is 30.8. The summed E-state index contributed by atoms with van der Waals surface area (Å²) >= 11 is 21.9. The van der Waals surface area contributed by atoms with Crippen molar-refractivity contribution in [2.75, 3.05) is 13.7 Å².